The zero-order chi connectivity index (χ0) is 24.4. The average molecular weight is 481 g/mol. The first kappa shape index (κ1) is 23.6. The number of aliphatic hydroxyl groups excluding tert-OH is 1. The van der Waals surface area contributed by atoms with E-state index in [4.69, 9.17) is 9.47 Å². The molecule has 35 heavy (non-hydrogen) atoms. The monoisotopic (exact) mass is 480 g/mol. The molecule has 5 rings (SSSR count). The summed E-state index contributed by atoms with van der Waals surface area (Å²) in [6, 6.07) is 14.5. The van der Waals surface area contributed by atoms with E-state index in [1.807, 2.05) is 47.4 Å². The molecule has 2 aromatic rings. The van der Waals surface area contributed by atoms with Gasteiger partial charge in [-0.1, -0.05) is 18.2 Å². The Balaban J connectivity index is 1.26. The predicted molar refractivity (Wildman–Crippen MR) is 132 cm³/mol. The number of para-hydroxylation sites is 1. The Morgan fingerprint density at radius 2 is 1.77 bits per heavy atom. The van der Waals surface area contributed by atoms with Gasteiger partial charge in [-0.15, -0.1) is 0 Å². The minimum atomic E-state index is -0.510. The topological polar surface area (TPSA) is 103 Å². The lowest BCUT2D eigenvalue weighted by molar-refractivity contribution is -0.150. The first-order valence-corrected chi connectivity index (χ1v) is 12.2. The van der Waals surface area contributed by atoms with Gasteiger partial charge in [0, 0.05) is 49.0 Å². The van der Waals surface area contributed by atoms with Crippen molar-refractivity contribution in [3.8, 4) is 5.75 Å². The Morgan fingerprint density at radius 3 is 2.51 bits per heavy atom. The summed E-state index contributed by atoms with van der Waals surface area (Å²) >= 11 is 0. The van der Waals surface area contributed by atoms with Crippen molar-refractivity contribution >= 4 is 23.3 Å². The van der Waals surface area contributed by atoms with Crippen molar-refractivity contribution in [3.63, 3.8) is 0 Å². The van der Waals surface area contributed by atoms with Crippen molar-refractivity contribution in [3.05, 3.63) is 54.1 Å². The second-order valence-corrected chi connectivity index (χ2v) is 9.49. The van der Waals surface area contributed by atoms with Crippen LogP contribution >= 0.6 is 0 Å². The number of carbonyl (C=O) groups is 2. The van der Waals surface area contributed by atoms with Crippen LogP contribution in [-0.4, -0.2) is 85.0 Å². The second kappa shape index (κ2) is 10.2. The van der Waals surface area contributed by atoms with E-state index in [0.717, 1.165) is 37.5 Å². The van der Waals surface area contributed by atoms with Gasteiger partial charge in [-0.2, -0.15) is 0 Å². The van der Waals surface area contributed by atoms with Crippen molar-refractivity contribution in [2.24, 2.45) is 0 Å². The first-order valence-electron chi connectivity index (χ1n) is 12.2. The molecule has 3 amide bonds. The van der Waals surface area contributed by atoms with Gasteiger partial charge >= 0.3 is 6.03 Å². The van der Waals surface area contributed by atoms with Gasteiger partial charge in [0.05, 0.1) is 19.1 Å². The summed E-state index contributed by atoms with van der Waals surface area (Å²) in [5, 5.41) is 15.7. The summed E-state index contributed by atoms with van der Waals surface area (Å²) in [6.07, 6.45) is -0.223. The standard InChI is InChI=1S/C26H32N4O5/c1-29-9-11-30(12-10-29)24(32)15-19-14-21-20-13-18(28-26(33)27-17-5-3-2-4-6-17)7-8-22(20)35-25(21)23(16-31)34-19/h2-8,13,19,21,23,25,31H,9-12,14-16H2,1H3,(H2,27,28,33)/t19-,21-,23+,25+/m0/s1. The highest BCUT2D eigenvalue weighted by Gasteiger charge is 2.46. The van der Waals surface area contributed by atoms with Gasteiger partial charge in [-0.05, 0) is 43.8 Å². The van der Waals surface area contributed by atoms with Gasteiger partial charge < -0.3 is 35.0 Å². The molecule has 4 atom stereocenters. The smallest absolute Gasteiger partial charge is 0.323 e. The number of fused-ring (bicyclic) bond motifs is 3. The summed E-state index contributed by atoms with van der Waals surface area (Å²) in [6.45, 7) is 3.01. The van der Waals surface area contributed by atoms with Crippen LogP contribution in [0.1, 0.15) is 24.3 Å². The highest BCUT2D eigenvalue weighted by molar-refractivity contribution is 5.99. The first-order chi connectivity index (χ1) is 17.0. The van der Waals surface area contributed by atoms with E-state index in [0.29, 0.717) is 17.8 Å². The molecule has 0 aromatic heterocycles. The SMILES string of the molecule is CN1CCN(C(=O)C[C@@H]2C[C@H]3c4cc(NC(=O)Nc5ccccc5)ccc4O[C@H]3[C@@H](CO)O2)CC1. The number of carbonyl (C=O) groups excluding carboxylic acids is 2. The average Bonchev–Trinajstić information content (AvgIpc) is 3.22. The largest absolute Gasteiger partial charge is 0.487 e. The number of hydrogen-bond acceptors (Lipinski definition) is 6. The minimum Gasteiger partial charge on any atom is -0.487 e. The molecular formula is C26H32N4O5. The van der Waals surface area contributed by atoms with Crippen LogP contribution in [0.5, 0.6) is 5.75 Å². The van der Waals surface area contributed by atoms with E-state index in [9.17, 15) is 14.7 Å². The molecule has 2 aromatic carbocycles. The van der Waals surface area contributed by atoms with Crippen LogP contribution in [0, 0.1) is 0 Å². The minimum absolute atomic E-state index is 0.0277. The van der Waals surface area contributed by atoms with Crippen molar-refractivity contribution in [1.82, 2.24) is 9.80 Å². The Morgan fingerprint density at radius 1 is 1.03 bits per heavy atom. The van der Waals surface area contributed by atoms with Crippen molar-refractivity contribution in [1.29, 1.82) is 0 Å². The number of likely N-dealkylation sites (N-methyl/N-ethyl adjacent to an activating group) is 1. The number of benzene rings is 2. The van der Waals surface area contributed by atoms with E-state index in [1.54, 1.807) is 6.07 Å². The van der Waals surface area contributed by atoms with Gasteiger partial charge in [-0.3, -0.25) is 4.79 Å². The lowest BCUT2D eigenvalue weighted by atomic mass is 9.84. The zero-order valence-electron chi connectivity index (χ0n) is 19.9. The summed E-state index contributed by atoms with van der Waals surface area (Å²) in [7, 11) is 2.06. The molecule has 2 saturated heterocycles. The molecule has 9 nitrogen and oxygen atoms in total. The highest BCUT2D eigenvalue weighted by atomic mass is 16.6. The molecule has 3 heterocycles. The molecule has 0 saturated carbocycles. The van der Waals surface area contributed by atoms with Crippen LogP contribution in [-0.2, 0) is 9.53 Å². The van der Waals surface area contributed by atoms with E-state index >= 15 is 0 Å². The van der Waals surface area contributed by atoms with Gasteiger partial charge in [0.15, 0.2) is 0 Å². The maximum Gasteiger partial charge on any atom is 0.323 e. The number of aliphatic hydroxyl groups is 1. The number of nitrogens with zero attached hydrogens (tertiary/aromatic N) is 2. The lowest BCUT2D eigenvalue weighted by Crippen LogP contribution is -2.50. The summed E-state index contributed by atoms with van der Waals surface area (Å²) in [5.74, 6) is 0.785. The number of rotatable bonds is 5. The molecule has 3 aliphatic heterocycles. The molecule has 0 bridgehead atoms. The number of urea groups is 1. The molecular weight excluding hydrogens is 448 g/mol. The van der Waals surface area contributed by atoms with Crippen LogP contribution < -0.4 is 15.4 Å². The Hall–Kier alpha value is -3.14. The highest BCUT2D eigenvalue weighted by Crippen LogP contribution is 2.47. The Bertz CT molecular complexity index is 1060. The number of anilines is 2. The Labute approximate surface area is 205 Å². The fraction of sp³-hybridized carbons (Fsp3) is 0.462. The molecule has 3 N–H and O–H groups in total. The van der Waals surface area contributed by atoms with Crippen molar-refractivity contribution in [2.45, 2.75) is 37.1 Å². The number of hydrogen-bond donors (Lipinski definition) is 3. The van der Waals surface area contributed by atoms with E-state index in [1.165, 1.54) is 0 Å². The molecule has 0 spiro atoms. The zero-order valence-corrected chi connectivity index (χ0v) is 19.9. The summed E-state index contributed by atoms with van der Waals surface area (Å²) in [4.78, 5) is 29.5. The summed E-state index contributed by atoms with van der Waals surface area (Å²) < 4.78 is 12.2. The molecule has 3 aliphatic rings. The van der Waals surface area contributed by atoms with Gasteiger partial charge in [0.2, 0.25) is 5.91 Å². The lowest BCUT2D eigenvalue weighted by Gasteiger charge is -2.38. The van der Waals surface area contributed by atoms with Gasteiger partial charge in [-0.25, -0.2) is 4.79 Å². The van der Waals surface area contributed by atoms with Crippen LogP contribution in [0.2, 0.25) is 0 Å². The van der Waals surface area contributed by atoms with E-state index in [2.05, 4.69) is 22.6 Å². The number of ether oxygens (including phenoxy) is 2. The van der Waals surface area contributed by atoms with Gasteiger partial charge in [0.1, 0.15) is 18.0 Å². The van der Waals surface area contributed by atoms with E-state index in [-0.39, 0.29) is 43.1 Å². The third-order valence-electron chi connectivity index (χ3n) is 7.05. The quantitative estimate of drug-likeness (QED) is 0.608. The molecule has 186 valence electrons. The second-order valence-electron chi connectivity index (χ2n) is 9.49. The van der Waals surface area contributed by atoms with E-state index < -0.39 is 6.10 Å². The maximum absolute atomic E-state index is 12.9. The molecule has 0 radical (unpaired) electrons. The number of nitrogens with one attached hydrogen (secondary N) is 2. The molecule has 0 unspecified atom stereocenters. The van der Waals surface area contributed by atoms with Crippen molar-refractivity contribution in [2.75, 3.05) is 50.5 Å². The Kier molecular flexibility index (Phi) is 6.90. The fourth-order valence-electron chi connectivity index (χ4n) is 5.16. The van der Waals surface area contributed by atoms with Crippen LogP contribution in [0.25, 0.3) is 0 Å². The third kappa shape index (κ3) is 5.27. The van der Waals surface area contributed by atoms with Crippen LogP contribution in [0.15, 0.2) is 48.5 Å². The molecule has 0 aliphatic carbocycles. The number of piperazine rings is 1. The fourth-order valence-corrected chi connectivity index (χ4v) is 5.16. The predicted octanol–water partition coefficient (Wildman–Crippen LogP) is 2.49. The third-order valence-corrected chi connectivity index (χ3v) is 7.05. The molecule has 2 fully saturated rings. The van der Waals surface area contributed by atoms with Crippen molar-refractivity contribution < 1.29 is 24.2 Å². The number of amides is 3. The van der Waals surface area contributed by atoms with Gasteiger partial charge in [0.25, 0.3) is 0 Å². The summed E-state index contributed by atoms with van der Waals surface area (Å²) in [5.41, 5.74) is 2.32. The normalized spacial score (nSPS) is 25.8. The maximum atomic E-state index is 12.9. The van der Waals surface area contributed by atoms with Crippen LogP contribution in [0.4, 0.5) is 16.2 Å². The van der Waals surface area contributed by atoms with Crippen LogP contribution in [0.3, 0.4) is 0 Å². The molecule has 9 heteroatoms.